The van der Waals surface area contributed by atoms with E-state index in [9.17, 15) is 40.3 Å². The lowest BCUT2D eigenvalue weighted by Gasteiger charge is -2.45. The Morgan fingerprint density at radius 2 is 1.77 bits per heavy atom. The van der Waals surface area contributed by atoms with E-state index in [4.69, 9.17) is 11.6 Å². The van der Waals surface area contributed by atoms with Gasteiger partial charge in [0.25, 0.3) is 5.91 Å². The van der Waals surface area contributed by atoms with Crippen molar-refractivity contribution in [3.05, 3.63) is 69.5 Å². The summed E-state index contributed by atoms with van der Waals surface area (Å²) >= 11 is 6.04. The number of sulfone groups is 1. The van der Waals surface area contributed by atoms with Crippen LogP contribution in [-0.4, -0.2) is 60.2 Å². The molecule has 12 heteroatoms. The van der Waals surface area contributed by atoms with E-state index in [0.29, 0.717) is 36.5 Å². The highest BCUT2D eigenvalue weighted by atomic mass is 35.5. The monoisotopic (exact) mass is 605 g/mol. The zero-order valence-electron chi connectivity index (χ0n) is 21.7. The maximum absolute atomic E-state index is 14.9. The number of rotatable bonds is 4. The summed E-state index contributed by atoms with van der Waals surface area (Å²) in [4.78, 5) is 15.3. The topological polar surface area (TPSA) is 74.7 Å². The van der Waals surface area contributed by atoms with Crippen molar-refractivity contribution in [1.82, 2.24) is 4.90 Å². The predicted octanol–water partition coefficient (Wildman–Crippen LogP) is 5.19. The third kappa shape index (κ3) is 4.81. The minimum Gasteiger partial charge on any atom is -0.380 e. The normalized spacial score (nSPS) is 27.0. The number of benzene rings is 2. The Hall–Kier alpha value is -2.24. The first-order valence-corrected chi connectivity index (χ1v) is 15.3. The fourth-order valence-electron chi connectivity index (χ4n) is 6.64. The summed E-state index contributed by atoms with van der Waals surface area (Å²) in [5, 5.41) is 11.1. The Morgan fingerprint density at radius 3 is 2.40 bits per heavy atom. The van der Waals surface area contributed by atoms with Crippen molar-refractivity contribution in [2.45, 2.75) is 74.4 Å². The van der Waals surface area contributed by atoms with Crippen LogP contribution >= 0.6 is 11.6 Å². The van der Waals surface area contributed by atoms with Crippen LogP contribution < -0.4 is 0 Å². The summed E-state index contributed by atoms with van der Waals surface area (Å²) < 4.78 is 93.1. The van der Waals surface area contributed by atoms with Crippen molar-refractivity contribution in [3.8, 4) is 0 Å². The number of amides is 1. The van der Waals surface area contributed by atoms with Crippen molar-refractivity contribution in [2.24, 2.45) is 0 Å². The van der Waals surface area contributed by atoms with Crippen molar-refractivity contribution in [2.75, 3.05) is 18.1 Å². The molecule has 1 amide bonds. The van der Waals surface area contributed by atoms with Gasteiger partial charge in [-0.2, -0.15) is 13.2 Å². The molecule has 2 saturated heterocycles. The second-order valence-electron chi connectivity index (χ2n) is 11.4. The molecule has 5 rings (SSSR count). The number of carbonyl (C=O) groups excluding carboxylic acids is 1. The second kappa shape index (κ2) is 9.66. The summed E-state index contributed by atoms with van der Waals surface area (Å²) in [6.45, 7) is 0.704. The minimum atomic E-state index is -5.11. The SMILES string of the molecule is CC(F)(c1ccc2c(c1)CCC1N(C(=O)C3(O)CCS(=O)(=O)CC3)CCC21Cc1ccc(F)c(Cl)c1)C(F)(F)F. The fourth-order valence-corrected chi connectivity index (χ4v) is 8.34. The number of alkyl halides is 4. The first-order chi connectivity index (χ1) is 18.5. The van der Waals surface area contributed by atoms with Gasteiger partial charge < -0.3 is 10.0 Å². The molecule has 5 nitrogen and oxygen atoms in total. The maximum Gasteiger partial charge on any atom is 0.426 e. The predicted molar refractivity (Wildman–Crippen MR) is 139 cm³/mol. The van der Waals surface area contributed by atoms with E-state index in [1.807, 2.05) is 0 Å². The zero-order valence-corrected chi connectivity index (χ0v) is 23.3. The summed E-state index contributed by atoms with van der Waals surface area (Å²) in [5.41, 5.74) is -4.89. The van der Waals surface area contributed by atoms with Crippen LogP contribution in [0.15, 0.2) is 36.4 Å². The van der Waals surface area contributed by atoms with E-state index >= 15 is 0 Å². The van der Waals surface area contributed by atoms with Gasteiger partial charge in [-0.15, -0.1) is 0 Å². The van der Waals surface area contributed by atoms with E-state index in [1.165, 1.54) is 24.3 Å². The molecule has 0 aromatic heterocycles. The zero-order chi connectivity index (χ0) is 29.3. The van der Waals surface area contributed by atoms with Gasteiger partial charge in [0.05, 0.1) is 16.5 Å². The molecule has 2 aromatic carbocycles. The van der Waals surface area contributed by atoms with Crippen molar-refractivity contribution in [1.29, 1.82) is 0 Å². The van der Waals surface area contributed by atoms with E-state index in [1.54, 1.807) is 11.0 Å². The molecule has 1 N–H and O–H groups in total. The molecule has 0 bridgehead atoms. The number of likely N-dealkylation sites (tertiary alicyclic amines) is 1. The fraction of sp³-hybridized carbons (Fsp3) is 0.536. The molecule has 0 radical (unpaired) electrons. The molecule has 2 aromatic rings. The lowest BCUT2D eigenvalue weighted by molar-refractivity contribution is -0.228. The van der Waals surface area contributed by atoms with Gasteiger partial charge in [0.1, 0.15) is 11.4 Å². The molecule has 3 aliphatic rings. The molecular weight excluding hydrogens is 577 g/mol. The average molecular weight is 606 g/mol. The first kappa shape index (κ1) is 29.3. The number of aryl methyl sites for hydroxylation is 1. The number of aliphatic hydroxyl groups is 1. The second-order valence-corrected chi connectivity index (χ2v) is 14.2. The maximum atomic E-state index is 14.9. The highest BCUT2D eigenvalue weighted by Gasteiger charge is 2.57. The molecule has 2 heterocycles. The smallest absolute Gasteiger partial charge is 0.380 e. The van der Waals surface area contributed by atoms with E-state index in [-0.39, 0.29) is 48.8 Å². The molecule has 2 fully saturated rings. The van der Waals surface area contributed by atoms with Gasteiger partial charge in [-0.25, -0.2) is 17.2 Å². The van der Waals surface area contributed by atoms with Crippen molar-refractivity contribution in [3.63, 3.8) is 0 Å². The van der Waals surface area contributed by atoms with Gasteiger partial charge in [-0.1, -0.05) is 35.9 Å². The van der Waals surface area contributed by atoms with E-state index in [2.05, 4.69) is 0 Å². The summed E-state index contributed by atoms with van der Waals surface area (Å²) in [5.74, 6) is -1.79. The highest BCUT2D eigenvalue weighted by Crippen LogP contribution is 2.51. The number of fused-ring (bicyclic) bond motifs is 3. The number of carbonyl (C=O) groups is 1. The third-order valence-electron chi connectivity index (χ3n) is 9.03. The molecule has 218 valence electrons. The lowest BCUT2D eigenvalue weighted by Crippen LogP contribution is -2.57. The van der Waals surface area contributed by atoms with Crippen LogP contribution in [0.4, 0.5) is 22.0 Å². The van der Waals surface area contributed by atoms with Gasteiger partial charge in [0.15, 0.2) is 9.84 Å². The highest BCUT2D eigenvalue weighted by molar-refractivity contribution is 7.91. The average Bonchev–Trinajstić information content (AvgIpc) is 3.26. The number of hydrogen-bond donors (Lipinski definition) is 1. The first-order valence-electron chi connectivity index (χ1n) is 13.1. The Labute approximate surface area is 234 Å². The Kier molecular flexibility index (Phi) is 7.07. The van der Waals surface area contributed by atoms with E-state index in [0.717, 1.165) is 6.07 Å². The van der Waals surface area contributed by atoms with Gasteiger partial charge >= 0.3 is 6.18 Å². The van der Waals surface area contributed by atoms with Crippen LogP contribution in [0.3, 0.4) is 0 Å². The van der Waals surface area contributed by atoms with Crippen LogP contribution in [-0.2, 0) is 38.6 Å². The number of halogens is 6. The summed E-state index contributed by atoms with van der Waals surface area (Å²) in [6.07, 6.45) is -4.29. The Balaban J connectivity index is 1.56. The summed E-state index contributed by atoms with van der Waals surface area (Å²) in [7, 11) is -3.35. The lowest BCUT2D eigenvalue weighted by atomic mass is 9.63. The number of nitrogens with zero attached hydrogens (tertiary/aromatic N) is 1. The van der Waals surface area contributed by atoms with Crippen molar-refractivity contribution < 1.29 is 40.3 Å². The van der Waals surface area contributed by atoms with E-state index < -0.39 is 56.0 Å². The van der Waals surface area contributed by atoms with Crippen LogP contribution in [0, 0.1) is 5.82 Å². The van der Waals surface area contributed by atoms with Crippen molar-refractivity contribution >= 4 is 27.3 Å². The molecule has 3 atom stereocenters. The third-order valence-corrected chi connectivity index (χ3v) is 11.0. The largest absolute Gasteiger partial charge is 0.426 e. The molecule has 0 saturated carbocycles. The quantitative estimate of drug-likeness (QED) is 0.487. The van der Waals surface area contributed by atoms with Gasteiger partial charge in [0, 0.05) is 18.0 Å². The van der Waals surface area contributed by atoms with Gasteiger partial charge in [0.2, 0.25) is 5.67 Å². The summed E-state index contributed by atoms with van der Waals surface area (Å²) in [6, 6.07) is 7.61. The molecule has 40 heavy (non-hydrogen) atoms. The van der Waals surface area contributed by atoms with Crippen LogP contribution in [0.25, 0.3) is 0 Å². The minimum absolute atomic E-state index is 0.0983. The molecule has 2 aliphatic heterocycles. The molecule has 0 spiro atoms. The Bertz CT molecular complexity index is 1450. The van der Waals surface area contributed by atoms with Crippen LogP contribution in [0.5, 0.6) is 0 Å². The molecule has 1 aliphatic carbocycles. The standard InChI is InChI=1S/C28H29ClF5NO4S/c1-25(31,28(32,33)34)19-4-5-20-18(15-19)3-7-23-26(20,16-17-2-6-22(30)21(29)14-17)8-11-35(23)24(36)27(37)9-12-40(38,39)13-10-27/h2,4-6,14-15,23,37H,3,7-13,16H2,1H3. The van der Waals surface area contributed by atoms with Gasteiger partial charge in [-0.3, -0.25) is 4.79 Å². The van der Waals surface area contributed by atoms with Crippen LogP contribution in [0.2, 0.25) is 5.02 Å². The number of hydrogen-bond acceptors (Lipinski definition) is 4. The Morgan fingerprint density at radius 1 is 1.10 bits per heavy atom. The molecule has 3 unspecified atom stereocenters. The van der Waals surface area contributed by atoms with Crippen LogP contribution in [0.1, 0.15) is 54.9 Å². The molecular formula is C28H29ClF5NO4S. The van der Waals surface area contributed by atoms with Gasteiger partial charge in [-0.05, 0) is 79.8 Å².